The molecule has 18 nitrogen and oxygen atoms in total. The van der Waals surface area contributed by atoms with E-state index in [0.717, 1.165) is 53.4 Å². The number of thioether (sulfide) groups is 1. The average Bonchev–Trinajstić information content (AvgIpc) is 3.63. The number of para-hydroxylation sites is 1. The predicted octanol–water partition coefficient (Wildman–Crippen LogP) is 3.09. The SMILES string of the molecule is CC1(C)CCC1.CCOCC1=NC2C(N)=Nc3ccccc3C2N1CC(C)(C)NC(=O)CCOCCOCCNC(=O)CCN(C)C(=O)CC(C=O)SCC(=O)NCCCCC(C=O)NC. The maximum atomic E-state index is 12.9. The zero-order valence-electron chi connectivity index (χ0n) is 40.4. The molecule has 66 heavy (non-hydrogen) atoms. The van der Waals surface area contributed by atoms with Crippen LogP contribution < -0.4 is 27.0 Å². The zero-order chi connectivity index (χ0) is 48.5. The maximum Gasteiger partial charge on any atom is 0.230 e. The van der Waals surface area contributed by atoms with Crippen LogP contribution in [0.4, 0.5) is 5.69 Å². The molecule has 0 saturated heterocycles. The van der Waals surface area contributed by atoms with Gasteiger partial charge in [0.05, 0.1) is 60.7 Å². The number of amidine groups is 2. The Labute approximate surface area is 396 Å². The summed E-state index contributed by atoms with van der Waals surface area (Å²) in [5.41, 5.74) is 8.32. The van der Waals surface area contributed by atoms with Crippen molar-refractivity contribution < 1.29 is 43.0 Å². The molecule has 1 aromatic rings. The molecule has 0 bridgehead atoms. The second kappa shape index (κ2) is 29.4. The molecule has 2 aliphatic heterocycles. The lowest BCUT2D eigenvalue weighted by Crippen LogP contribution is -2.54. The summed E-state index contributed by atoms with van der Waals surface area (Å²) in [6, 6.07) is 7.21. The molecule has 3 aliphatic rings. The smallest absolute Gasteiger partial charge is 0.230 e. The fraction of sp³-hybridized carbons (Fsp3) is 0.702. The van der Waals surface area contributed by atoms with E-state index >= 15 is 0 Å². The van der Waals surface area contributed by atoms with E-state index in [1.54, 1.807) is 14.1 Å². The van der Waals surface area contributed by atoms with E-state index in [9.17, 15) is 28.8 Å². The van der Waals surface area contributed by atoms with Crippen molar-refractivity contribution in [3.05, 3.63) is 29.8 Å². The van der Waals surface area contributed by atoms with Gasteiger partial charge in [0.15, 0.2) is 0 Å². The van der Waals surface area contributed by atoms with Gasteiger partial charge in [-0.2, -0.15) is 0 Å². The largest absolute Gasteiger partial charge is 0.385 e. The number of carbonyl (C=O) groups excluding carboxylic acids is 6. The zero-order valence-corrected chi connectivity index (χ0v) is 41.2. The van der Waals surface area contributed by atoms with Gasteiger partial charge in [-0.3, -0.25) is 24.2 Å². The highest BCUT2D eigenvalue weighted by Gasteiger charge is 2.44. The Bertz CT molecular complexity index is 1770. The number of benzene rings is 1. The first-order chi connectivity index (χ1) is 31.5. The number of fused-ring (bicyclic) bond motifs is 3. The van der Waals surface area contributed by atoms with Gasteiger partial charge >= 0.3 is 0 Å². The van der Waals surface area contributed by atoms with Gasteiger partial charge in [-0.25, -0.2) is 4.99 Å². The molecule has 1 saturated carbocycles. The van der Waals surface area contributed by atoms with Crippen LogP contribution in [0.25, 0.3) is 0 Å². The van der Waals surface area contributed by atoms with E-state index in [4.69, 9.17) is 24.9 Å². The molecule has 2 heterocycles. The topological polar surface area (TPSA) is 235 Å². The van der Waals surface area contributed by atoms with Crippen LogP contribution in [0.3, 0.4) is 0 Å². The molecule has 4 atom stereocenters. The summed E-state index contributed by atoms with van der Waals surface area (Å²) in [6.45, 7) is 13.8. The lowest BCUT2D eigenvalue weighted by atomic mass is 9.72. The number of aliphatic imine (C=N–C) groups is 2. The number of likely N-dealkylation sites (N-methyl/N-ethyl adjacent to an activating group) is 1. The van der Waals surface area contributed by atoms with E-state index in [1.165, 1.54) is 24.2 Å². The van der Waals surface area contributed by atoms with Crippen LogP contribution in [0.5, 0.6) is 0 Å². The van der Waals surface area contributed by atoms with Gasteiger partial charge in [0.25, 0.3) is 0 Å². The first-order valence-electron chi connectivity index (χ1n) is 23.3. The van der Waals surface area contributed by atoms with Crippen molar-refractivity contribution >= 4 is 65.3 Å². The number of ether oxygens (including phenoxy) is 3. The van der Waals surface area contributed by atoms with Crippen LogP contribution in [0, 0.1) is 5.41 Å². The lowest BCUT2D eigenvalue weighted by molar-refractivity contribution is -0.131. The van der Waals surface area contributed by atoms with E-state index in [-0.39, 0.29) is 106 Å². The van der Waals surface area contributed by atoms with Crippen molar-refractivity contribution in [3.63, 3.8) is 0 Å². The Morgan fingerprint density at radius 1 is 0.970 bits per heavy atom. The summed E-state index contributed by atoms with van der Waals surface area (Å²) in [6.07, 6.45) is 8.24. The number of nitrogens with one attached hydrogen (secondary N) is 4. The van der Waals surface area contributed by atoms with Crippen LogP contribution in [0.2, 0.25) is 0 Å². The van der Waals surface area contributed by atoms with Crippen LogP contribution >= 0.6 is 11.8 Å². The normalized spacial score (nSPS) is 17.8. The Balaban J connectivity index is 0.00000177. The van der Waals surface area contributed by atoms with E-state index in [0.29, 0.717) is 44.8 Å². The van der Waals surface area contributed by atoms with Gasteiger partial charge < -0.3 is 60.6 Å². The molecular formula is C47H77N9O9S. The average molecular weight is 944 g/mol. The van der Waals surface area contributed by atoms with Crippen molar-refractivity contribution in [1.29, 1.82) is 0 Å². The third-order valence-electron chi connectivity index (χ3n) is 11.5. The summed E-state index contributed by atoms with van der Waals surface area (Å²) in [5, 5.41) is 10.9. The Morgan fingerprint density at radius 3 is 2.32 bits per heavy atom. The minimum atomic E-state index is -0.684. The van der Waals surface area contributed by atoms with Crippen molar-refractivity contribution in [2.45, 2.75) is 121 Å². The highest BCUT2D eigenvalue weighted by molar-refractivity contribution is 8.01. The number of hydrogen-bond acceptors (Lipinski definition) is 15. The summed E-state index contributed by atoms with van der Waals surface area (Å²) in [4.78, 5) is 85.5. The fourth-order valence-corrected chi connectivity index (χ4v) is 8.28. The summed E-state index contributed by atoms with van der Waals surface area (Å²) in [5.74, 6) is 0.324. The number of nitrogens with two attached hydrogens (primary N) is 1. The summed E-state index contributed by atoms with van der Waals surface area (Å²) in [7, 11) is 3.28. The van der Waals surface area contributed by atoms with E-state index in [2.05, 4.69) is 45.0 Å². The van der Waals surface area contributed by atoms with Gasteiger partial charge in [0, 0.05) is 64.7 Å². The quantitative estimate of drug-likeness (QED) is 0.0533. The van der Waals surface area contributed by atoms with Gasteiger partial charge in [-0.15, -0.1) is 11.8 Å². The number of unbranched alkanes of at least 4 members (excludes halogenated alkanes) is 1. The monoisotopic (exact) mass is 944 g/mol. The van der Waals surface area contributed by atoms with E-state index in [1.807, 2.05) is 45.0 Å². The number of aldehydes is 2. The van der Waals surface area contributed by atoms with Crippen LogP contribution in [0.1, 0.15) is 104 Å². The fourth-order valence-electron chi connectivity index (χ4n) is 7.48. The third kappa shape index (κ3) is 20.2. The molecule has 1 fully saturated rings. The Kier molecular flexibility index (Phi) is 24.9. The molecular weight excluding hydrogens is 867 g/mol. The van der Waals surface area contributed by atoms with Crippen molar-refractivity contribution in [1.82, 2.24) is 31.1 Å². The predicted molar refractivity (Wildman–Crippen MR) is 259 cm³/mol. The Hall–Kier alpha value is -4.43. The van der Waals surface area contributed by atoms with Crippen molar-refractivity contribution in [3.8, 4) is 0 Å². The summed E-state index contributed by atoms with van der Waals surface area (Å²) >= 11 is 1.09. The van der Waals surface area contributed by atoms with Crippen molar-refractivity contribution in [2.24, 2.45) is 21.1 Å². The van der Waals surface area contributed by atoms with Gasteiger partial charge in [-0.1, -0.05) is 38.5 Å². The highest BCUT2D eigenvalue weighted by Crippen LogP contribution is 2.42. The van der Waals surface area contributed by atoms with Crippen LogP contribution in [-0.4, -0.2) is 166 Å². The third-order valence-corrected chi connectivity index (χ3v) is 12.7. The number of amides is 4. The molecule has 1 aliphatic carbocycles. The lowest BCUT2D eigenvalue weighted by Gasteiger charge is -2.39. The van der Waals surface area contributed by atoms with Gasteiger partial charge in [0.2, 0.25) is 23.6 Å². The number of nitrogens with zero attached hydrogens (tertiary/aromatic N) is 4. The minimum Gasteiger partial charge on any atom is -0.385 e. The molecule has 0 radical (unpaired) electrons. The highest BCUT2D eigenvalue weighted by atomic mass is 32.2. The maximum absolute atomic E-state index is 12.9. The number of hydrogen-bond donors (Lipinski definition) is 5. The van der Waals surface area contributed by atoms with Crippen LogP contribution in [0.15, 0.2) is 34.3 Å². The molecule has 6 N–H and O–H groups in total. The summed E-state index contributed by atoms with van der Waals surface area (Å²) < 4.78 is 16.9. The van der Waals surface area contributed by atoms with E-state index < -0.39 is 10.8 Å². The minimum absolute atomic E-state index is 0.0400. The molecule has 0 spiro atoms. The first-order valence-corrected chi connectivity index (χ1v) is 24.3. The number of carbonyl (C=O) groups is 6. The molecule has 4 unspecified atom stereocenters. The molecule has 19 heteroatoms. The standard InChI is InChI=1S/C41H65N9O9S.C6H12/c1-6-57-26-33-47-38-39(31-12-7-8-13-32(31)46-40(38)42)50(33)28-41(2,3)48-35(54)15-19-58-21-22-59-20-17-45-34(53)14-18-49(5)37(56)23-30(25-52)60-27-36(55)44-16-10-9-11-29(24-51)43-4;1-6(2)4-3-5-6/h7-8,12-13,24-25,29-30,38-39,43H,6,9-11,14-23,26-28H2,1-5H3,(H2,42,46)(H,44,55)(H,45,53)(H,48,54);3-5H2,1-2H3. The molecule has 370 valence electrons. The molecule has 4 rings (SSSR count). The molecule has 0 aromatic heterocycles. The van der Waals surface area contributed by atoms with Crippen LogP contribution in [-0.2, 0) is 43.0 Å². The second-order valence-corrected chi connectivity index (χ2v) is 19.4. The van der Waals surface area contributed by atoms with Gasteiger partial charge in [0.1, 0.15) is 36.9 Å². The second-order valence-electron chi connectivity index (χ2n) is 18.2. The first kappa shape index (κ1) is 55.9. The molecule has 1 aromatic carbocycles. The van der Waals surface area contributed by atoms with Crippen molar-refractivity contribution in [2.75, 3.05) is 85.7 Å². The van der Waals surface area contributed by atoms with Gasteiger partial charge in [-0.05, 0) is 71.4 Å². The number of rotatable bonds is 31. The molecule has 4 amide bonds. The Morgan fingerprint density at radius 2 is 1.67 bits per heavy atom.